The van der Waals surface area contributed by atoms with Crippen LogP contribution in [0.15, 0.2) is 67.1 Å². The SMILES string of the molecule is CN(C(=O)c1cn2c(-c3ccc(C(F)(F)F)cc3)cnc2cn1)c1ccc(CN)cc1. The maximum atomic E-state index is 12.9. The van der Waals surface area contributed by atoms with Crippen LogP contribution in [0.4, 0.5) is 18.9 Å². The van der Waals surface area contributed by atoms with E-state index in [0.717, 1.165) is 17.7 Å². The number of imidazole rings is 1. The lowest BCUT2D eigenvalue weighted by atomic mass is 10.1. The number of hydrogen-bond acceptors (Lipinski definition) is 4. The number of nitrogens with two attached hydrogens (primary N) is 1. The van der Waals surface area contributed by atoms with Crippen molar-refractivity contribution in [2.75, 3.05) is 11.9 Å². The van der Waals surface area contributed by atoms with Crippen LogP contribution in [0, 0.1) is 0 Å². The number of halogens is 3. The Kier molecular flexibility index (Phi) is 5.20. The van der Waals surface area contributed by atoms with E-state index in [1.165, 1.54) is 35.6 Å². The van der Waals surface area contributed by atoms with Gasteiger partial charge in [0, 0.05) is 31.0 Å². The first kappa shape index (κ1) is 20.5. The fourth-order valence-electron chi connectivity index (χ4n) is 3.19. The Labute approximate surface area is 175 Å². The Bertz CT molecular complexity index is 1230. The van der Waals surface area contributed by atoms with Crippen LogP contribution >= 0.6 is 0 Å². The quantitative estimate of drug-likeness (QED) is 0.533. The van der Waals surface area contributed by atoms with Gasteiger partial charge in [-0.25, -0.2) is 9.97 Å². The van der Waals surface area contributed by atoms with E-state index < -0.39 is 11.7 Å². The summed E-state index contributed by atoms with van der Waals surface area (Å²) in [5.74, 6) is -0.338. The Balaban J connectivity index is 1.67. The standard InChI is InChI=1S/C22H18F3N5O/c1-29(17-8-2-14(10-26)3-9-17)21(31)18-13-30-19(11-28-20(30)12-27-18)15-4-6-16(7-5-15)22(23,24)25/h2-9,11-13H,10,26H2,1H3. The van der Waals surface area contributed by atoms with Gasteiger partial charge in [0.05, 0.1) is 23.7 Å². The molecular formula is C22H18F3N5O. The predicted molar refractivity (Wildman–Crippen MR) is 110 cm³/mol. The van der Waals surface area contributed by atoms with Gasteiger partial charge in [-0.3, -0.25) is 9.20 Å². The van der Waals surface area contributed by atoms with E-state index in [-0.39, 0.29) is 11.6 Å². The van der Waals surface area contributed by atoms with Crippen LogP contribution in [0.25, 0.3) is 16.9 Å². The van der Waals surface area contributed by atoms with Crippen molar-refractivity contribution < 1.29 is 18.0 Å². The number of carbonyl (C=O) groups excluding carboxylic acids is 1. The Hall–Kier alpha value is -3.72. The van der Waals surface area contributed by atoms with Crippen molar-refractivity contribution in [3.8, 4) is 11.3 Å². The number of rotatable bonds is 4. The van der Waals surface area contributed by atoms with E-state index >= 15 is 0 Å². The monoisotopic (exact) mass is 425 g/mol. The van der Waals surface area contributed by atoms with Crippen LogP contribution in [0.5, 0.6) is 0 Å². The second-order valence-electron chi connectivity index (χ2n) is 6.95. The van der Waals surface area contributed by atoms with Crippen molar-refractivity contribution in [1.82, 2.24) is 14.4 Å². The summed E-state index contributed by atoms with van der Waals surface area (Å²) in [6, 6.07) is 12.1. The topological polar surface area (TPSA) is 76.5 Å². The predicted octanol–water partition coefficient (Wildman–Crippen LogP) is 4.15. The van der Waals surface area contributed by atoms with Crippen molar-refractivity contribution in [2.24, 2.45) is 5.73 Å². The number of amides is 1. The summed E-state index contributed by atoms with van der Waals surface area (Å²) < 4.78 is 40.2. The van der Waals surface area contributed by atoms with E-state index in [0.29, 0.717) is 29.1 Å². The van der Waals surface area contributed by atoms with E-state index in [2.05, 4.69) is 9.97 Å². The van der Waals surface area contributed by atoms with Crippen molar-refractivity contribution in [3.05, 3.63) is 83.9 Å². The number of nitrogens with zero attached hydrogens (tertiary/aromatic N) is 4. The summed E-state index contributed by atoms with van der Waals surface area (Å²) in [5.41, 5.74) is 8.23. The van der Waals surface area contributed by atoms with Crippen LogP contribution in [0.1, 0.15) is 21.6 Å². The van der Waals surface area contributed by atoms with Crippen LogP contribution in [-0.4, -0.2) is 27.3 Å². The molecule has 0 radical (unpaired) electrons. The van der Waals surface area contributed by atoms with Crippen molar-refractivity contribution in [3.63, 3.8) is 0 Å². The molecule has 0 aliphatic carbocycles. The Morgan fingerprint density at radius 3 is 2.32 bits per heavy atom. The third-order valence-electron chi connectivity index (χ3n) is 4.99. The lowest BCUT2D eigenvalue weighted by Crippen LogP contribution is -2.27. The fourth-order valence-corrected chi connectivity index (χ4v) is 3.19. The molecule has 2 aromatic carbocycles. The number of fused-ring (bicyclic) bond motifs is 1. The van der Waals surface area contributed by atoms with E-state index in [1.54, 1.807) is 23.6 Å². The van der Waals surface area contributed by atoms with Gasteiger partial charge in [-0.2, -0.15) is 13.2 Å². The maximum absolute atomic E-state index is 12.9. The number of hydrogen-bond donors (Lipinski definition) is 1. The third kappa shape index (κ3) is 3.99. The largest absolute Gasteiger partial charge is 0.416 e. The van der Waals surface area contributed by atoms with Gasteiger partial charge < -0.3 is 10.6 Å². The molecule has 0 saturated heterocycles. The van der Waals surface area contributed by atoms with E-state index in [1.807, 2.05) is 12.1 Å². The van der Waals surface area contributed by atoms with E-state index in [4.69, 9.17) is 5.73 Å². The van der Waals surface area contributed by atoms with Crippen LogP contribution in [-0.2, 0) is 12.7 Å². The molecule has 158 valence electrons. The highest BCUT2D eigenvalue weighted by Crippen LogP contribution is 2.31. The van der Waals surface area contributed by atoms with Gasteiger partial charge in [-0.05, 0) is 29.8 Å². The zero-order valence-corrected chi connectivity index (χ0v) is 16.5. The molecule has 0 unspecified atom stereocenters. The molecule has 0 aliphatic rings. The first-order valence-corrected chi connectivity index (χ1v) is 9.36. The second-order valence-corrected chi connectivity index (χ2v) is 6.95. The Morgan fingerprint density at radius 2 is 1.71 bits per heavy atom. The second kappa shape index (κ2) is 7.84. The lowest BCUT2D eigenvalue weighted by Gasteiger charge is -2.17. The highest BCUT2D eigenvalue weighted by Gasteiger charge is 2.30. The molecule has 0 spiro atoms. The van der Waals surface area contributed by atoms with Gasteiger partial charge in [-0.1, -0.05) is 24.3 Å². The minimum atomic E-state index is -4.41. The minimum Gasteiger partial charge on any atom is -0.326 e. The molecule has 0 fully saturated rings. The zero-order valence-electron chi connectivity index (χ0n) is 16.5. The molecule has 0 aliphatic heterocycles. The van der Waals surface area contributed by atoms with Gasteiger partial charge in [0.1, 0.15) is 5.69 Å². The number of benzene rings is 2. The molecule has 2 aromatic heterocycles. The van der Waals surface area contributed by atoms with E-state index in [9.17, 15) is 18.0 Å². The molecule has 0 bridgehead atoms. The molecule has 2 heterocycles. The first-order chi connectivity index (χ1) is 14.8. The summed E-state index contributed by atoms with van der Waals surface area (Å²) >= 11 is 0. The summed E-state index contributed by atoms with van der Waals surface area (Å²) in [5, 5.41) is 0. The van der Waals surface area contributed by atoms with Crippen LogP contribution in [0.2, 0.25) is 0 Å². The van der Waals surface area contributed by atoms with Gasteiger partial charge in [0.15, 0.2) is 5.65 Å². The van der Waals surface area contributed by atoms with Crippen molar-refractivity contribution >= 4 is 17.2 Å². The highest BCUT2D eigenvalue weighted by molar-refractivity contribution is 6.04. The van der Waals surface area contributed by atoms with Gasteiger partial charge in [0.25, 0.3) is 5.91 Å². The molecule has 0 saturated carbocycles. The summed E-state index contributed by atoms with van der Waals surface area (Å²) in [4.78, 5) is 22.8. The molecule has 4 aromatic rings. The molecule has 1 amide bonds. The smallest absolute Gasteiger partial charge is 0.326 e. The van der Waals surface area contributed by atoms with Crippen LogP contribution in [0.3, 0.4) is 0 Å². The molecule has 4 rings (SSSR count). The molecule has 6 nitrogen and oxygen atoms in total. The summed E-state index contributed by atoms with van der Waals surface area (Å²) in [6.45, 7) is 0.406. The summed E-state index contributed by atoms with van der Waals surface area (Å²) in [7, 11) is 1.64. The fraction of sp³-hybridized carbons (Fsp3) is 0.136. The number of carbonyl (C=O) groups is 1. The maximum Gasteiger partial charge on any atom is 0.416 e. The Morgan fingerprint density at radius 1 is 1.03 bits per heavy atom. The van der Waals surface area contributed by atoms with Crippen molar-refractivity contribution in [2.45, 2.75) is 12.7 Å². The molecule has 9 heteroatoms. The van der Waals surface area contributed by atoms with Crippen molar-refractivity contribution in [1.29, 1.82) is 0 Å². The van der Waals surface area contributed by atoms with Crippen LogP contribution < -0.4 is 10.6 Å². The number of alkyl halides is 3. The van der Waals surface area contributed by atoms with Gasteiger partial charge in [0.2, 0.25) is 0 Å². The minimum absolute atomic E-state index is 0.170. The molecular weight excluding hydrogens is 407 g/mol. The summed E-state index contributed by atoms with van der Waals surface area (Å²) in [6.07, 6.45) is 0.103. The lowest BCUT2D eigenvalue weighted by molar-refractivity contribution is -0.137. The van der Waals surface area contributed by atoms with Gasteiger partial charge >= 0.3 is 6.18 Å². The zero-order chi connectivity index (χ0) is 22.2. The molecule has 2 N–H and O–H groups in total. The number of aromatic nitrogens is 3. The average molecular weight is 425 g/mol. The molecule has 31 heavy (non-hydrogen) atoms. The average Bonchev–Trinajstić information content (AvgIpc) is 3.21. The first-order valence-electron chi connectivity index (χ1n) is 9.36. The van der Waals surface area contributed by atoms with Gasteiger partial charge in [-0.15, -0.1) is 0 Å². The number of anilines is 1. The third-order valence-corrected chi connectivity index (χ3v) is 4.99. The normalized spacial score (nSPS) is 11.6. The highest BCUT2D eigenvalue weighted by atomic mass is 19.4. The molecule has 0 atom stereocenters.